The summed E-state index contributed by atoms with van der Waals surface area (Å²) in [5.41, 5.74) is 5.03. The Hall–Kier alpha value is -4.94. The van der Waals surface area contributed by atoms with Crippen molar-refractivity contribution < 1.29 is 67.0 Å². The molecule has 9 heterocycles. The number of benzene rings is 2. The van der Waals surface area contributed by atoms with Gasteiger partial charge in [0, 0.05) is 57.6 Å². The molecule has 21 nitrogen and oxygen atoms in total. The average molecular weight is 1210 g/mol. The van der Waals surface area contributed by atoms with E-state index in [-0.39, 0.29) is 45.5 Å². The van der Waals surface area contributed by atoms with Crippen LogP contribution in [0.4, 0.5) is 0 Å². The number of fused-ring (bicyclic) bond motifs is 4. The lowest BCUT2D eigenvalue weighted by Crippen LogP contribution is -2.35. The van der Waals surface area contributed by atoms with Crippen molar-refractivity contribution in [1.29, 1.82) is 0 Å². The number of nitrogens with zero attached hydrogens (tertiary/aromatic N) is 7. The van der Waals surface area contributed by atoms with E-state index in [1.807, 2.05) is 0 Å². The fourth-order valence-corrected chi connectivity index (χ4v) is 14.2. The highest BCUT2D eigenvalue weighted by Crippen LogP contribution is 2.37. The van der Waals surface area contributed by atoms with E-state index in [2.05, 4.69) is 48.6 Å². The summed E-state index contributed by atoms with van der Waals surface area (Å²) in [6.45, 7) is 16.2. The third-order valence-corrected chi connectivity index (χ3v) is 21.0. The number of carbonyl (C=O) groups is 2. The van der Waals surface area contributed by atoms with Crippen LogP contribution in [-0.2, 0) is 51.6 Å². The standard InChI is InChI=1S/C30H39ClN4O7SSi.C25H30ClN3O7Si/c1-44(2,3)14-11-39-18-35-28-22(32-30(35)42-24-17-41-26-23(36)16-40-27(24)26)15-21(31)25(33-28)19-7-9-20(10-8-19)29(37)34-43(38)12-5-4-6-13-43;1-37(2,3)9-8-33-13-29-23-17(27-25(29)36-19-12-35-21-18(30)11-34-22(19)21)10-16(26)20(28-23)14-4-6-15(7-5-14)24(31)32/h7-10,15,23-24,26-27,36H,4-6,11-14,16-18H2,1-3H3;4-7,10,18-19,21-22,30H,8-9,11-13H2,1-3H3,(H,31,32)/t23-,24-,26-,27-;18-,19-,21-,22-/m11/s1. The van der Waals surface area contributed by atoms with Crippen LogP contribution in [0.15, 0.2) is 65.0 Å². The molecular formula is C55H69Cl2N7O14SSi2. The van der Waals surface area contributed by atoms with Crippen molar-refractivity contribution in [2.75, 3.05) is 51.1 Å². The maximum Gasteiger partial charge on any atom is 0.335 e. The van der Waals surface area contributed by atoms with Crippen LogP contribution in [0.3, 0.4) is 0 Å². The fraction of sp³-hybridized carbons (Fsp3) is 0.527. The highest BCUT2D eigenvalue weighted by atomic mass is 35.5. The van der Waals surface area contributed by atoms with E-state index < -0.39 is 86.6 Å². The molecule has 5 aliphatic rings. The van der Waals surface area contributed by atoms with E-state index in [4.69, 9.17) is 76.0 Å². The smallest absolute Gasteiger partial charge is 0.335 e. The zero-order valence-corrected chi connectivity index (χ0v) is 50.5. The number of hydrogen-bond donors (Lipinski definition) is 3. The van der Waals surface area contributed by atoms with Gasteiger partial charge in [0.15, 0.2) is 23.5 Å². The van der Waals surface area contributed by atoms with E-state index >= 15 is 0 Å². The number of rotatable bonds is 18. The van der Waals surface area contributed by atoms with Crippen molar-refractivity contribution in [1.82, 2.24) is 29.1 Å². The highest BCUT2D eigenvalue weighted by Gasteiger charge is 2.50. The molecule has 436 valence electrons. The number of imidazole rings is 2. The number of ether oxygens (including phenoxy) is 8. The molecule has 0 aliphatic carbocycles. The molecular weight excluding hydrogens is 1140 g/mol. The maximum absolute atomic E-state index is 12.9. The Morgan fingerprint density at radius 2 is 1.05 bits per heavy atom. The first kappa shape index (κ1) is 59.2. The van der Waals surface area contributed by atoms with Crippen LogP contribution in [0.1, 0.15) is 40.0 Å². The van der Waals surface area contributed by atoms with Crippen molar-refractivity contribution in [3.63, 3.8) is 0 Å². The van der Waals surface area contributed by atoms with E-state index in [0.29, 0.717) is 97.2 Å². The number of aromatic nitrogens is 6. The molecule has 6 aromatic rings. The molecule has 26 heteroatoms. The van der Waals surface area contributed by atoms with Gasteiger partial charge in [-0.15, -0.1) is 0 Å². The summed E-state index contributed by atoms with van der Waals surface area (Å²) < 4.78 is 68.2. The average Bonchev–Trinajstić information content (AvgIpc) is 4.19. The molecule has 3 N–H and O–H groups in total. The molecule has 0 radical (unpaired) electrons. The van der Waals surface area contributed by atoms with Crippen molar-refractivity contribution in [2.45, 2.75) is 133 Å². The number of aliphatic hydroxyl groups excluding tert-OH is 2. The number of carbonyl (C=O) groups excluding carboxylic acids is 1. The number of amides is 1. The summed E-state index contributed by atoms with van der Waals surface area (Å²) in [5, 5.41) is 30.2. The quantitative estimate of drug-likeness (QED) is 0.0538. The van der Waals surface area contributed by atoms with Gasteiger partial charge in [0.1, 0.15) is 61.1 Å². The normalized spacial score (nSPS) is 24.2. The van der Waals surface area contributed by atoms with Gasteiger partial charge in [-0.25, -0.2) is 19.0 Å². The Morgan fingerprint density at radius 1 is 0.630 bits per heavy atom. The Kier molecular flexibility index (Phi) is 18.1. The second kappa shape index (κ2) is 24.7. The third-order valence-electron chi connectivity index (χ3n) is 14.7. The Labute approximate surface area is 481 Å². The third kappa shape index (κ3) is 13.9. The number of halogens is 2. The van der Waals surface area contributed by atoms with Crippen molar-refractivity contribution in [2.24, 2.45) is 4.36 Å². The van der Waals surface area contributed by atoms with Gasteiger partial charge in [-0.2, -0.15) is 14.3 Å². The molecule has 11 rings (SSSR count). The van der Waals surface area contributed by atoms with E-state index in [1.54, 1.807) is 57.7 Å². The number of hydrogen-bond acceptors (Lipinski definition) is 17. The summed E-state index contributed by atoms with van der Waals surface area (Å²) in [6, 6.07) is 19.2. The molecule has 4 aromatic heterocycles. The van der Waals surface area contributed by atoms with Crippen molar-refractivity contribution >= 4 is 83.3 Å². The first-order valence-corrected chi connectivity index (χ1v) is 37.3. The predicted octanol–water partition coefficient (Wildman–Crippen LogP) is 8.43. The van der Waals surface area contributed by atoms with Crippen LogP contribution in [0.5, 0.6) is 12.0 Å². The van der Waals surface area contributed by atoms with Gasteiger partial charge in [-0.1, -0.05) is 93.2 Å². The van der Waals surface area contributed by atoms with E-state index in [0.717, 1.165) is 31.4 Å². The largest absolute Gasteiger partial charge is 0.478 e. The first-order valence-electron chi connectivity index (χ1n) is 27.3. The van der Waals surface area contributed by atoms with Crippen LogP contribution in [0.2, 0.25) is 61.4 Å². The summed E-state index contributed by atoms with van der Waals surface area (Å²) in [4.78, 5) is 43.1. The minimum absolute atomic E-state index is 0.170. The van der Waals surface area contributed by atoms with Crippen LogP contribution >= 0.6 is 23.2 Å². The van der Waals surface area contributed by atoms with Gasteiger partial charge in [-0.05, 0) is 61.3 Å². The Balaban J connectivity index is 0.000000185. The Morgan fingerprint density at radius 3 is 1.47 bits per heavy atom. The molecule has 0 unspecified atom stereocenters. The second-order valence-electron chi connectivity index (χ2n) is 23.4. The molecule has 0 spiro atoms. The SMILES string of the molecule is C[Si](C)(C)CCOCn1c(O[C@@H]2CO[C@H]3[C@@H]2OC[C@H]3O)nc2cc(Cl)c(-c3ccc(C(=O)N=S4(=O)CCCCC4)cc3)nc21.C[Si](C)(C)CCOCn1c(O[C@@H]2CO[C@H]3[C@@H]2OC[C@H]3O)nc2cc(Cl)c(-c3ccc(C(=O)O)cc3)nc21. The van der Waals surface area contributed by atoms with E-state index in [9.17, 15) is 29.1 Å². The number of aliphatic hydroxyl groups is 2. The molecule has 5 aliphatic heterocycles. The van der Waals surface area contributed by atoms with Gasteiger partial charge in [0.2, 0.25) is 0 Å². The van der Waals surface area contributed by atoms with Gasteiger partial charge in [0.05, 0.1) is 63.2 Å². The van der Waals surface area contributed by atoms with Crippen LogP contribution in [0.25, 0.3) is 44.8 Å². The second-order valence-corrected chi connectivity index (χ2v) is 38.0. The van der Waals surface area contributed by atoms with Crippen LogP contribution in [0, 0.1) is 0 Å². The topological polar surface area (TPSA) is 260 Å². The van der Waals surface area contributed by atoms with Crippen molar-refractivity contribution in [3.05, 3.63) is 81.8 Å². The Bertz CT molecular complexity index is 3370. The van der Waals surface area contributed by atoms with Gasteiger partial charge in [0.25, 0.3) is 5.91 Å². The summed E-state index contributed by atoms with van der Waals surface area (Å²) >= 11 is 13.3. The molecule has 2 aromatic carbocycles. The minimum Gasteiger partial charge on any atom is -0.478 e. The first-order chi connectivity index (χ1) is 38.6. The van der Waals surface area contributed by atoms with Crippen molar-refractivity contribution in [3.8, 4) is 34.5 Å². The van der Waals surface area contributed by atoms with Gasteiger partial charge >= 0.3 is 18.0 Å². The lowest BCUT2D eigenvalue weighted by molar-refractivity contribution is 0.00332. The van der Waals surface area contributed by atoms with Gasteiger partial charge in [-0.3, -0.25) is 13.9 Å². The zero-order chi connectivity index (χ0) is 57.4. The van der Waals surface area contributed by atoms with Gasteiger partial charge < -0.3 is 53.2 Å². The maximum atomic E-state index is 12.9. The molecule has 5 saturated heterocycles. The summed E-state index contributed by atoms with van der Waals surface area (Å²) in [6.07, 6.45) is -1.23. The highest BCUT2D eigenvalue weighted by molar-refractivity contribution is 7.93. The van der Waals surface area contributed by atoms with Crippen LogP contribution in [-0.4, -0.2) is 177 Å². The molecule has 0 saturated carbocycles. The van der Waals surface area contributed by atoms with E-state index in [1.165, 1.54) is 12.1 Å². The lowest BCUT2D eigenvalue weighted by Gasteiger charge is -2.19. The number of aromatic carboxylic acids is 1. The predicted molar refractivity (Wildman–Crippen MR) is 309 cm³/mol. The molecule has 5 fully saturated rings. The van der Waals surface area contributed by atoms with Crippen LogP contribution < -0.4 is 9.47 Å². The minimum atomic E-state index is -2.49. The number of pyridine rings is 2. The molecule has 8 atom stereocenters. The zero-order valence-electron chi connectivity index (χ0n) is 46.1. The number of carboxylic acids is 1. The lowest BCUT2D eigenvalue weighted by atomic mass is 10.1. The molecule has 81 heavy (non-hydrogen) atoms. The number of carboxylic acid groups (broad SMARTS) is 1. The fourth-order valence-electron chi connectivity index (χ4n) is 10.0. The monoisotopic (exact) mass is 1210 g/mol. The molecule has 0 bridgehead atoms. The molecule has 1 amide bonds. The summed E-state index contributed by atoms with van der Waals surface area (Å²) in [7, 11) is -5.07. The summed E-state index contributed by atoms with van der Waals surface area (Å²) in [5.74, 6) is -0.526.